The first-order chi connectivity index (χ1) is 9.88. The van der Waals surface area contributed by atoms with Crippen LogP contribution in [0, 0.1) is 0 Å². The van der Waals surface area contributed by atoms with E-state index in [9.17, 15) is 13.2 Å². The summed E-state index contributed by atoms with van der Waals surface area (Å²) in [7, 11) is 0. The van der Waals surface area contributed by atoms with Crippen LogP contribution in [-0.4, -0.2) is 30.2 Å². The van der Waals surface area contributed by atoms with Crippen molar-refractivity contribution in [2.45, 2.75) is 51.4 Å². The number of piperidine rings is 1. The maximum atomic E-state index is 12.6. The summed E-state index contributed by atoms with van der Waals surface area (Å²) < 4.78 is 37.8. The van der Waals surface area contributed by atoms with Gasteiger partial charge >= 0.3 is 6.18 Å². The van der Waals surface area contributed by atoms with Crippen molar-refractivity contribution >= 4 is 5.82 Å². The summed E-state index contributed by atoms with van der Waals surface area (Å²) in [5.41, 5.74) is -0.694. The summed E-state index contributed by atoms with van der Waals surface area (Å²) in [5.74, 6) is 0.637. The molecule has 1 aliphatic rings. The number of nitrogens with one attached hydrogen (secondary N) is 1. The lowest BCUT2D eigenvalue weighted by molar-refractivity contribution is -0.137. The lowest BCUT2D eigenvalue weighted by Crippen LogP contribution is -2.47. The van der Waals surface area contributed by atoms with Crippen molar-refractivity contribution < 1.29 is 13.2 Å². The van der Waals surface area contributed by atoms with Gasteiger partial charge in [0, 0.05) is 31.4 Å². The van der Waals surface area contributed by atoms with Gasteiger partial charge in [-0.15, -0.1) is 0 Å². The summed E-state index contributed by atoms with van der Waals surface area (Å²) in [6, 6.07) is 3.29. The molecule has 1 aliphatic heterocycles. The Bertz CT molecular complexity index is 442. The molecule has 3 nitrogen and oxygen atoms in total. The largest absolute Gasteiger partial charge is 0.417 e. The topological polar surface area (TPSA) is 28.2 Å². The third-order valence-electron chi connectivity index (χ3n) is 3.76. The third kappa shape index (κ3) is 4.33. The molecule has 1 saturated heterocycles. The average molecular weight is 301 g/mol. The summed E-state index contributed by atoms with van der Waals surface area (Å²) >= 11 is 0. The van der Waals surface area contributed by atoms with Crippen LogP contribution >= 0.6 is 0 Å². The molecule has 1 unspecified atom stereocenters. The van der Waals surface area contributed by atoms with Gasteiger partial charge in [-0.05, 0) is 31.4 Å². The van der Waals surface area contributed by atoms with E-state index in [4.69, 9.17) is 0 Å². The number of aromatic nitrogens is 1. The summed E-state index contributed by atoms with van der Waals surface area (Å²) in [6.07, 6.45) is -0.145. The molecule has 1 aromatic rings. The van der Waals surface area contributed by atoms with Crippen molar-refractivity contribution in [2.75, 3.05) is 18.0 Å². The molecule has 2 heterocycles. The predicted molar refractivity (Wildman–Crippen MR) is 77.4 cm³/mol. The Hall–Kier alpha value is -1.30. The minimum Gasteiger partial charge on any atom is -0.352 e. The molecule has 1 aromatic heterocycles. The van der Waals surface area contributed by atoms with Crippen molar-refractivity contribution in [3.8, 4) is 0 Å². The first-order valence-electron chi connectivity index (χ1n) is 7.41. The fraction of sp³-hybridized carbons (Fsp3) is 0.667. The van der Waals surface area contributed by atoms with Crippen LogP contribution in [0.5, 0.6) is 0 Å². The first-order valence-corrected chi connectivity index (χ1v) is 7.41. The Balaban J connectivity index is 2.10. The SMILES string of the molecule is CC(C)NCC1CCCCN1c1ccc(C(F)(F)F)cn1. The van der Waals surface area contributed by atoms with E-state index in [0.29, 0.717) is 17.9 Å². The second kappa shape index (κ2) is 6.64. The van der Waals surface area contributed by atoms with Gasteiger partial charge in [-0.3, -0.25) is 0 Å². The fourth-order valence-electron chi connectivity index (χ4n) is 2.61. The van der Waals surface area contributed by atoms with Crippen LogP contribution in [0.1, 0.15) is 38.7 Å². The molecule has 0 saturated carbocycles. The number of hydrogen-bond acceptors (Lipinski definition) is 3. The molecule has 1 fully saturated rings. The van der Waals surface area contributed by atoms with Gasteiger partial charge in [0.05, 0.1) is 5.56 Å². The van der Waals surface area contributed by atoms with E-state index in [0.717, 1.165) is 44.6 Å². The second-order valence-electron chi connectivity index (χ2n) is 5.81. The molecule has 21 heavy (non-hydrogen) atoms. The summed E-state index contributed by atoms with van der Waals surface area (Å²) in [5, 5.41) is 3.40. The Morgan fingerprint density at radius 1 is 1.33 bits per heavy atom. The van der Waals surface area contributed by atoms with Crippen molar-refractivity contribution in [1.29, 1.82) is 0 Å². The van der Waals surface area contributed by atoms with Gasteiger partial charge in [0.25, 0.3) is 0 Å². The highest BCUT2D eigenvalue weighted by atomic mass is 19.4. The van der Waals surface area contributed by atoms with Gasteiger partial charge < -0.3 is 10.2 Å². The van der Waals surface area contributed by atoms with Crippen molar-refractivity contribution in [1.82, 2.24) is 10.3 Å². The molecule has 2 rings (SSSR count). The lowest BCUT2D eigenvalue weighted by atomic mass is 10.0. The molecule has 0 radical (unpaired) electrons. The molecule has 0 bridgehead atoms. The summed E-state index contributed by atoms with van der Waals surface area (Å²) in [6.45, 7) is 5.86. The zero-order valence-corrected chi connectivity index (χ0v) is 12.5. The van der Waals surface area contributed by atoms with Crippen LogP contribution < -0.4 is 10.2 Å². The maximum Gasteiger partial charge on any atom is 0.417 e. The summed E-state index contributed by atoms with van der Waals surface area (Å²) in [4.78, 5) is 6.15. The number of halogens is 3. The van der Waals surface area contributed by atoms with Gasteiger partial charge in [0.15, 0.2) is 0 Å². The number of nitrogens with zero attached hydrogens (tertiary/aromatic N) is 2. The van der Waals surface area contributed by atoms with E-state index in [1.54, 1.807) is 0 Å². The standard InChI is InChI=1S/C15H22F3N3/c1-11(2)19-10-13-5-3-4-8-21(13)14-7-6-12(9-20-14)15(16,17)18/h6-7,9,11,13,19H,3-5,8,10H2,1-2H3. The monoisotopic (exact) mass is 301 g/mol. The van der Waals surface area contributed by atoms with Crippen LogP contribution in [0.15, 0.2) is 18.3 Å². The van der Waals surface area contributed by atoms with Gasteiger partial charge in [0.1, 0.15) is 5.82 Å². The average Bonchev–Trinajstić information content (AvgIpc) is 2.44. The molecule has 0 aromatic carbocycles. The molecule has 0 spiro atoms. The second-order valence-corrected chi connectivity index (χ2v) is 5.81. The Morgan fingerprint density at radius 3 is 2.67 bits per heavy atom. The van der Waals surface area contributed by atoms with E-state index in [1.165, 1.54) is 6.07 Å². The molecule has 118 valence electrons. The van der Waals surface area contributed by atoms with Crippen molar-refractivity contribution in [3.05, 3.63) is 23.9 Å². The highest BCUT2D eigenvalue weighted by Gasteiger charge is 2.31. The number of alkyl halides is 3. The van der Waals surface area contributed by atoms with Gasteiger partial charge in [-0.25, -0.2) is 4.98 Å². The minimum atomic E-state index is -4.33. The van der Waals surface area contributed by atoms with Gasteiger partial charge in [0.2, 0.25) is 0 Å². The fourth-order valence-corrected chi connectivity index (χ4v) is 2.61. The number of anilines is 1. The number of rotatable bonds is 4. The zero-order chi connectivity index (χ0) is 15.5. The third-order valence-corrected chi connectivity index (χ3v) is 3.76. The molecule has 0 amide bonds. The normalized spacial score (nSPS) is 20.1. The molecule has 1 atom stereocenters. The molecular weight excluding hydrogens is 279 g/mol. The predicted octanol–water partition coefficient (Wildman–Crippen LogP) is 3.46. The first kappa shape index (κ1) is 16.1. The van der Waals surface area contributed by atoms with Crippen LogP contribution in [0.3, 0.4) is 0 Å². The quantitative estimate of drug-likeness (QED) is 0.923. The van der Waals surface area contributed by atoms with Gasteiger partial charge in [-0.2, -0.15) is 13.2 Å². The van der Waals surface area contributed by atoms with Crippen LogP contribution in [0.25, 0.3) is 0 Å². The smallest absolute Gasteiger partial charge is 0.352 e. The Kier molecular flexibility index (Phi) is 5.08. The van der Waals surface area contributed by atoms with Gasteiger partial charge in [-0.1, -0.05) is 13.8 Å². The lowest BCUT2D eigenvalue weighted by Gasteiger charge is -2.37. The van der Waals surface area contributed by atoms with Crippen LogP contribution in [0.2, 0.25) is 0 Å². The Morgan fingerprint density at radius 2 is 2.10 bits per heavy atom. The van der Waals surface area contributed by atoms with Crippen molar-refractivity contribution in [3.63, 3.8) is 0 Å². The highest BCUT2D eigenvalue weighted by Crippen LogP contribution is 2.30. The van der Waals surface area contributed by atoms with E-state index < -0.39 is 11.7 Å². The molecule has 0 aliphatic carbocycles. The van der Waals surface area contributed by atoms with Crippen LogP contribution in [0.4, 0.5) is 19.0 Å². The van der Waals surface area contributed by atoms with E-state index in [-0.39, 0.29) is 0 Å². The van der Waals surface area contributed by atoms with Crippen LogP contribution in [-0.2, 0) is 6.18 Å². The minimum absolute atomic E-state index is 0.297. The number of pyridine rings is 1. The molecule has 6 heteroatoms. The van der Waals surface area contributed by atoms with E-state index in [2.05, 4.69) is 29.0 Å². The zero-order valence-electron chi connectivity index (χ0n) is 12.5. The van der Waals surface area contributed by atoms with Crippen molar-refractivity contribution in [2.24, 2.45) is 0 Å². The van der Waals surface area contributed by atoms with E-state index in [1.807, 2.05) is 0 Å². The van der Waals surface area contributed by atoms with E-state index >= 15 is 0 Å². The number of hydrogen-bond donors (Lipinski definition) is 1. The molecular formula is C15H22F3N3. The Labute approximate surface area is 123 Å². The molecule has 1 N–H and O–H groups in total. The highest BCUT2D eigenvalue weighted by molar-refractivity contribution is 5.41. The maximum absolute atomic E-state index is 12.6.